The summed E-state index contributed by atoms with van der Waals surface area (Å²) in [6.45, 7) is 4.06. The topological polar surface area (TPSA) is 35.8 Å². The molecule has 1 unspecified atom stereocenters. The largest absolute Gasteiger partial charge is 0.378 e. The van der Waals surface area contributed by atoms with Crippen LogP contribution in [0.1, 0.15) is 29.7 Å². The van der Waals surface area contributed by atoms with E-state index in [1.807, 2.05) is 49.4 Å². The molecule has 1 atom stereocenters. The summed E-state index contributed by atoms with van der Waals surface area (Å²) < 4.78 is 0. The van der Waals surface area contributed by atoms with Crippen molar-refractivity contribution in [1.82, 2.24) is 0 Å². The van der Waals surface area contributed by atoms with E-state index in [4.69, 9.17) is 16.9 Å². The smallest absolute Gasteiger partial charge is 0.0991 e. The van der Waals surface area contributed by atoms with Crippen LogP contribution in [0.5, 0.6) is 0 Å². The number of benzene rings is 2. The number of aryl methyl sites for hydroxylation is 1. The molecule has 1 N–H and O–H groups in total. The Bertz CT molecular complexity index is 612. The molecule has 0 aliphatic rings. The zero-order valence-corrected chi connectivity index (χ0v) is 11.7. The molecule has 2 aromatic rings. The lowest BCUT2D eigenvalue weighted by Gasteiger charge is -2.16. The van der Waals surface area contributed by atoms with Gasteiger partial charge in [-0.1, -0.05) is 29.8 Å². The summed E-state index contributed by atoms with van der Waals surface area (Å²) in [4.78, 5) is 0. The SMILES string of the molecule is Cc1ccc(NC(C)c2ccc(C#N)cc2)cc1Cl. The third-order valence-corrected chi connectivity index (χ3v) is 3.50. The fourth-order valence-corrected chi connectivity index (χ4v) is 2.04. The number of nitriles is 1. The molecule has 3 heteroatoms. The van der Waals surface area contributed by atoms with Crippen LogP contribution in [0.15, 0.2) is 42.5 Å². The Kier molecular flexibility index (Phi) is 4.09. The number of rotatable bonds is 3. The van der Waals surface area contributed by atoms with Crippen molar-refractivity contribution in [2.45, 2.75) is 19.9 Å². The first-order valence-electron chi connectivity index (χ1n) is 6.13. The molecule has 0 saturated carbocycles. The minimum Gasteiger partial charge on any atom is -0.378 e. The summed E-state index contributed by atoms with van der Waals surface area (Å²) in [5.74, 6) is 0. The highest BCUT2D eigenvalue weighted by atomic mass is 35.5. The molecule has 0 aliphatic heterocycles. The van der Waals surface area contributed by atoms with Crippen molar-refractivity contribution in [2.75, 3.05) is 5.32 Å². The van der Waals surface area contributed by atoms with E-state index in [2.05, 4.69) is 18.3 Å². The minimum atomic E-state index is 0.159. The number of nitrogens with one attached hydrogen (secondary N) is 1. The van der Waals surface area contributed by atoms with Gasteiger partial charge in [-0.3, -0.25) is 0 Å². The Morgan fingerprint density at radius 2 is 1.84 bits per heavy atom. The van der Waals surface area contributed by atoms with Gasteiger partial charge in [0.25, 0.3) is 0 Å². The summed E-state index contributed by atoms with van der Waals surface area (Å²) in [5.41, 5.74) is 3.87. The Hall–Kier alpha value is -1.98. The van der Waals surface area contributed by atoms with Crippen LogP contribution >= 0.6 is 11.6 Å². The molecule has 2 aromatic carbocycles. The lowest BCUT2D eigenvalue weighted by Crippen LogP contribution is -2.06. The minimum absolute atomic E-state index is 0.159. The molecular formula is C16H15ClN2. The van der Waals surface area contributed by atoms with Crippen molar-refractivity contribution in [2.24, 2.45) is 0 Å². The van der Waals surface area contributed by atoms with Crippen molar-refractivity contribution in [1.29, 1.82) is 5.26 Å². The fraction of sp³-hybridized carbons (Fsp3) is 0.188. The Morgan fingerprint density at radius 1 is 1.16 bits per heavy atom. The summed E-state index contributed by atoms with van der Waals surface area (Å²) in [6, 6.07) is 15.8. The van der Waals surface area contributed by atoms with Crippen molar-refractivity contribution in [3.8, 4) is 6.07 Å². The molecule has 0 heterocycles. The molecule has 0 aromatic heterocycles. The summed E-state index contributed by atoms with van der Waals surface area (Å²) >= 11 is 6.11. The molecule has 0 fully saturated rings. The van der Waals surface area contributed by atoms with Crippen LogP contribution in [-0.2, 0) is 0 Å². The fourth-order valence-electron chi connectivity index (χ4n) is 1.86. The monoisotopic (exact) mass is 270 g/mol. The third-order valence-electron chi connectivity index (χ3n) is 3.09. The summed E-state index contributed by atoms with van der Waals surface area (Å²) in [5, 5.41) is 12.9. The molecule has 0 saturated heterocycles. The first kappa shape index (κ1) is 13.5. The molecule has 2 nitrogen and oxygen atoms in total. The highest BCUT2D eigenvalue weighted by Crippen LogP contribution is 2.24. The number of nitrogens with zero attached hydrogens (tertiary/aromatic N) is 1. The van der Waals surface area contributed by atoms with Gasteiger partial charge in [-0.15, -0.1) is 0 Å². The number of halogens is 1. The van der Waals surface area contributed by atoms with Gasteiger partial charge in [0.2, 0.25) is 0 Å². The van der Waals surface area contributed by atoms with Crippen LogP contribution in [0.25, 0.3) is 0 Å². The quantitative estimate of drug-likeness (QED) is 0.878. The third kappa shape index (κ3) is 3.27. The van der Waals surface area contributed by atoms with Gasteiger partial charge >= 0.3 is 0 Å². The summed E-state index contributed by atoms with van der Waals surface area (Å²) in [7, 11) is 0. The van der Waals surface area contributed by atoms with E-state index in [0.717, 1.165) is 21.8 Å². The summed E-state index contributed by atoms with van der Waals surface area (Å²) in [6.07, 6.45) is 0. The van der Waals surface area contributed by atoms with Crippen LogP contribution in [0.4, 0.5) is 5.69 Å². The van der Waals surface area contributed by atoms with Crippen molar-refractivity contribution in [3.63, 3.8) is 0 Å². The van der Waals surface area contributed by atoms with Crippen molar-refractivity contribution < 1.29 is 0 Å². The molecule has 0 aliphatic carbocycles. The number of hydrogen-bond donors (Lipinski definition) is 1. The lowest BCUT2D eigenvalue weighted by atomic mass is 10.1. The second-order valence-electron chi connectivity index (χ2n) is 4.56. The second-order valence-corrected chi connectivity index (χ2v) is 4.97. The standard InChI is InChI=1S/C16H15ClN2/c1-11-3-8-15(9-16(11)17)19-12(2)14-6-4-13(10-18)5-7-14/h3-9,12,19H,1-2H3. The number of anilines is 1. The molecule has 0 radical (unpaired) electrons. The van der Waals surface area contributed by atoms with Gasteiger partial charge in [0, 0.05) is 16.8 Å². The van der Waals surface area contributed by atoms with E-state index in [1.54, 1.807) is 0 Å². The number of hydrogen-bond acceptors (Lipinski definition) is 2. The second kappa shape index (κ2) is 5.77. The van der Waals surface area contributed by atoms with E-state index in [1.165, 1.54) is 0 Å². The molecule has 0 bridgehead atoms. The maximum Gasteiger partial charge on any atom is 0.0991 e. The Morgan fingerprint density at radius 3 is 2.42 bits per heavy atom. The van der Waals surface area contributed by atoms with Crippen LogP contribution < -0.4 is 5.32 Å². The lowest BCUT2D eigenvalue weighted by molar-refractivity contribution is 0.884. The van der Waals surface area contributed by atoms with Gasteiger partial charge in [-0.25, -0.2) is 0 Å². The Balaban J connectivity index is 2.13. The van der Waals surface area contributed by atoms with Crippen LogP contribution in [0.3, 0.4) is 0 Å². The van der Waals surface area contributed by atoms with E-state index in [0.29, 0.717) is 5.56 Å². The zero-order valence-electron chi connectivity index (χ0n) is 10.9. The molecular weight excluding hydrogens is 256 g/mol. The Labute approximate surface area is 118 Å². The molecule has 0 amide bonds. The average Bonchev–Trinajstić information content (AvgIpc) is 2.43. The van der Waals surface area contributed by atoms with Gasteiger partial charge in [0.1, 0.15) is 0 Å². The van der Waals surface area contributed by atoms with Crippen molar-refractivity contribution in [3.05, 3.63) is 64.2 Å². The highest BCUT2D eigenvalue weighted by Gasteiger charge is 2.06. The van der Waals surface area contributed by atoms with E-state index >= 15 is 0 Å². The molecule has 19 heavy (non-hydrogen) atoms. The van der Waals surface area contributed by atoms with Gasteiger partial charge < -0.3 is 5.32 Å². The van der Waals surface area contributed by atoms with Crippen LogP contribution in [0.2, 0.25) is 5.02 Å². The van der Waals surface area contributed by atoms with E-state index < -0.39 is 0 Å². The predicted octanol–water partition coefficient (Wildman–Crippen LogP) is 4.69. The van der Waals surface area contributed by atoms with E-state index in [-0.39, 0.29) is 6.04 Å². The van der Waals surface area contributed by atoms with Gasteiger partial charge in [0.15, 0.2) is 0 Å². The van der Waals surface area contributed by atoms with Crippen LogP contribution in [-0.4, -0.2) is 0 Å². The maximum absolute atomic E-state index is 8.78. The van der Waals surface area contributed by atoms with E-state index in [9.17, 15) is 0 Å². The maximum atomic E-state index is 8.78. The van der Waals surface area contributed by atoms with Crippen LogP contribution in [0, 0.1) is 18.3 Å². The molecule has 96 valence electrons. The first-order valence-corrected chi connectivity index (χ1v) is 6.50. The highest BCUT2D eigenvalue weighted by molar-refractivity contribution is 6.31. The van der Waals surface area contributed by atoms with Gasteiger partial charge in [-0.05, 0) is 49.2 Å². The molecule has 2 rings (SSSR count). The van der Waals surface area contributed by atoms with Gasteiger partial charge in [-0.2, -0.15) is 5.26 Å². The zero-order chi connectivity index (χ0) is 13.8. The predicted molar refractivity (Wildman–Crippen MR) is 79.4 cm³/mol. The molecule has 0 spiro atoms. The first-order chi connectivity index (χ1) is 9.10. The van der Waals surface area contributed by atoms with Crippen molar-refractivity contribution >= 4 is 17.3 Å². The average molecular weight is 271 g/mol. The normalized spacial score (nSPS) is 11.7. The van der Waals surface area contributed by atoms with Gasteiger partial charge in [0.05, 0.1) is 11.6 Å².